The second-order valence-electron chi connectivity index (χ2n) is 6.20. The maximum atomic E-state index is 12.3. The van der Waals surface area contributed by atoms with Crippen molar-refractivity contribution in [3.63, 3.8) is 0 Å². The molecule has 0 unspecified atom stereocenters. The molecule has 26 heavy (non-hydrogen) atoms. The molecule has 1 aliphatic rings. The van der Waals surface area contributed by atoms with Gasteiger partial charge in [-0.1, -0.05) is 43.2 Å². The summed E-state index contributed by atoms with van der Waals surface area (Å²) >= 11 is 0. The van der Waals surface area contributed by atoms with Gasteiger partial charge in [0.2, 0.25) is 5.91 Å². The Kier molecular flexibility index (Phi) is 7.40. The van der Waals surface area contributed by atoms with E-state index in [0.717, 1.165) is 18.4 Å². The van der Waals surface area contributed by atoms with Crippen LogP contribution in [0.25, 0.3) is 0 Å². The molecule has 1 aliphatic carbocycles. The van der Waals surface area contributed by atoms with Gasteiger partial charge >= 0.3 is 12.1 Å². The van der Waals surface area contributed by atoms with E-state index in [2.05, 4.69) is 10.6 Å². The number of methoxy groups -OCH3 is 1. The molecule has 2 rings (SSSR count). The Morgan fingerprint density at radius 1 is 1.15 bits per heavy atom. The molecule has 2 atom stereocenters. The number of benzene rings is 1. The molecule has 0 radical (unpaired) electrons. The number of nitrogens with one attached hydrogen (secondary N) is 2. The highest BCUT2D eigenvalue weighted by Crippen LogP contribution is 2.33. The first-order valence-electron chi connectivity index (χ1n) is 8.49. The summed E-state index contributed by atoms with van der Waals surface area (Å²) in [5, 5.41) is 14.2. The highest BCUT2D eigenvalue weighted by atomic mass is 16.5. The normalized spacial score (nSPS) is 15.5. The fourth-order valence-corrected chi connectivity index (χ4v) is 2.42. The standard InChI is InChI=1S/C18H24N2O6/c1-25-17(23)14(9-12-7-8-12)19-16(22)15(10-21)20-18(24)26-11-13-5-3-2-4-6-13/h2-6,12,14-15,21H,7-11H2,1H3,(H,19,22)(H,20,24)/t14-,15+/m1/s1. The van der Waals surface area contributed by atoms with E-state index in [1.54, 1.807) is 12.1 Å². The van der Waals surface area contributed by atoms with Gasteiger partial charge in [-0.3, -0.25) is 4.79 Å². The molecule has 0 bridgehead atoms. The minimum Gasteiger partial charge on any atom is -0.467 e. The van der Waals surface area contributed by atoms with Crippen molar-refractivity contribution >= 4 is 18.0 Å². The Morgan fingerprint density at radius 2 is 1.85 bits per heavy atom. The first kappa shape index (κ1) is 19.7. The van der Waals surface area contributed by atoms with Crippen molar-refractivity contribution in [2.24, 2.45) is 5.92 Å². The Morgan fingerprint density at radius 3 is 2.42 bits per heavy atom. The van der Waals surface area contributed by atoms with Crippen molar-refractivity contribution in [3.05, 3.63) is 35.9 Å². The third-order valence-corrected chi connectivity index (χ3v) is 4.07. The van der Waals surface area contributed by atoms with Crippen molar-refractivity contribution in [2.45, 2.75) is 38.0 Å². The van der Waals surface area contributed by atoms with E-state index in [1.165, 1.54) is 7.11 Å². The predicted octanol–water partition coefficient (Wildman–Crippen LogP) is 0.732. The number of ether oxygens (including phenoxy) is 2. The lowest BCUT2D eigenvalue weighted by molar-refractivity contribution is -0.145. The molecule has 1 aromatic rings. The van der Waals surface area contributed by atoms with Gasteiger partial charge in [-0.2, -0.15) is 0 Å². The highest BCUT2D eigenvalue weighted by Gasteiger charge is 2.32. The molecule has 0 heterocycles. The number of alkyl carbamates (subject to hydrolysis) is 1. The van der Waals surface area contributed by atoms with E-state index < -0.39 is 36.7 Å². The molecule has 1 aromatic carbocycles. The van der Waals surface area contributed by atoms with Gasteiger partial charge < -0.3 is 25.2 Å². The summed E-state index contributed by atoms with van der Waals surface area (Å²) in [4.78, 5) is 35.9. The molecule has 3 N–H and O–H groups in total. The maximum absolute atomic E-state index is 12.3. The van der Waals surface area contributed by atoms with Crippen LogP contribution in [0.5, 0.6) is 0 Å². The number of hydrogen-bond acceptors (Lipinski definition) is 6. The summed E-state index contributed by atoms with van der Waals surface area (Å²) in [7, 11) is 1.25. The van der Waals surface area contributed by atoms with Crippen LogP contribution in [0.4, 0.5) is 4.79 Å². The average molecular weight is 364 g/mol. The monoisotopic (exact) mass is 364 g/mol. The molecule has 0 aliphatic heterocycles. The minimum atomic E-state index is -1.22. The first-order chi connectivity index (χ1) is 12.5. The smallest absolute Gasteiger partial charge is 0.408 e. The molecule has 2 amide bonds. The Bertz CT molecular complexity index is 617. The third-order valence-electron chi connectivity index (χ3n) is 4.07. The number of carbonyl (C=O) groups is 3. The van der Waals surface area contributed by atoms with Gasteiger partial charge in [0.1, 0.15) is 18.7 Å². The zero-order valence-electron chi connectivity index (χ0n) is 14.6. The summed E-state index contributed by atoms with van der Waals surface area (Å²) < 4.78 is 9.72. The molecule has 8 heteroatoms. The predicted molar refractivity (Wildman–Crippen MR) is 91.9 cm³/mol. The van der Waals surface area contributed by atoms with Gasteiger partial charge in [0.05, 0.1) is 13.7 Å². The average Bonchev–Trinajstić information content (AvgIpc) is 3.48. The fourth-order valence-electron chi connectivity index (χ4n) is 2.42. The molecule has 1 fully saturated rings. The van der Waals surface area contributed by atoms with Crippen LogP contribution in [-0.2, 0) is 25.7 Å². The third kappa shape index (κ3) is 6.36. The minimum absolute atomic E-state index is 0.0406. The second-order valence-corrected chi connectivity index (χ2v) is 6.20. The zero-order valence-corrected chi connectivity index (χ0v) is 14.6. The Labute approximate surface area is 151 Å². The number of carbonyl (C=O) groups excluding carboxylic acids is 3. The second kappa shape index (κ2) is 9.76. The number of hydrogen-bond donors (Lipinski definition) is 3. The van der Waals surface area contributed by atoms with Crippen LogP contribution in [-0.4, -0.2) is 48.9 Å². The van der Waals surface area contributed by atoms with Crippen LogP contribution in [0.1, 0.15) is 24.8 Å². The number of esters is 1. The number of rotatable bonds is 9. The highest BCUT2D eigenvalue weighted by molar-refractivity contribution is 5.89. The van der Waals surface area contributed by atoms with E-state index in [9.17, 15) is 19.5 Å². The topological polar surface area (TPSA) is 114 Å². The number of aliphatic hydroxyl groups excluding tert-OH is 1. The number of amides is 2. The Hall–Kier alpha value is -2.61. The van der Waals surface area contributed by atoms with Crippen molar-refractivity contribution in [3.8, 4) is 0 Å². The van der Waals surface area contributed by atoms with E-state index in [4.69, 9.17) is 9.47 Å². The lowest BCUT2D eigenvalue weighted by atomic mass is 10.1. The van der Waals surface area contributed by atoms with E-state index >= 15 is 0 Å². The molecule has 8 nitrogen and oxygen atoms in total. The maximum Gasteiger partial charge on any atom is 0.408 e. The van der Waals surface area contributed by atoms with Crippen molar-refractivity contribution in [2.75, 3.05) is 13.7 Å². The van der Waals surface area contributed by atoms with Gasteiger partial charge in [-0.15, -0.1) is 0 Å². The van der Waals surface area contributed by atoms with Crippen LogP contribution in [0.2, 0.25) is 0 Å². The molecule has 0 spiro atoms. The SMILES string of the molecule is COC(=O)[C@@H](CC1CC1)NC(=O)[C@H](CO)NC(=O)OCc1ccccc1. The van der Waals surface area contributed by atoms with Gasteiger partial charge in [-0.25, -0.2) is 9.59 Å². The molecular weight excluding hydrogens is 340 g/mol. The van der Waals surface area contributed by atoms with Gasteiger partial charge in [0.15, 0.2) is 0 Å². The summed E-state index contributed by atoms with van der Waals surface area (Å²) in [6, 6.07) is 7.04. The largest absolute Gasteiger partial charge is 0.467 e. The van der Waals surface area contributed by atoms with Crippen LogP contribution in [0, 0.1) is 5.92 Å². The summed E-state index contributed by atoms with van der Waals surface area (Å²) in [6.45, 7) is -0.581. The molecule has 0 saturated heterocycles. The van der Waals surface area contributed by atoms with Crippen LogP contribution >= 0.6 is 0 Å². The van der Waals surface area contributed by atoms with E-state index in [0.29, 0.717) is 12.3 Å². The molecular formula is C18H24N2O6. The van der Waals surface area contributed by atoms with Gasteiger partial charge in [0, 0.05) is 0 Å². The zero-order chi connectivity index (χ0) is 18.9. The van der Waals surface area contributed by atoms with Crippen molar-refractivity contribution in [1.29, 1.82) is 0 Å². The number of aliphatic hydroxyl groups is 1. The first-order valence-corrected chi connectivity index (χ1v) is 8.49. The summed E-state index contributed by atoms with van der Waals surface area (Å²) in [5.74, 6) is -0.829. The lowest BCUT2D eigenvalue weighted by Crippen LogP contribution is -2.53. The Balaban J connectivity index is 1.83. The van der Waals surface area contributed by atoms with E-state index in [-0.39, 0.29) is 6.61 Å². The lowest BCUT2D eigenvalue weighted by Gasteiger charge is -2.20. The quantitative estimate of drug-likeness (QED) is 0.557. The molecule has 0 aromatic heterocycles. The van der Waals surface area contributed by atoms with E-state index in [1.807, 2.05) is 18.2 Å². The van der Waals surface area contributed by atoms with Gasteiger partial charge in [-0.05, 0) is 17.9 Å². The fraction of sp³-hybridized carbons (Fsp3) is 0.500. The van der Waals surface area contributed by atoms with Crippen molar-refractivity contribution in [1.82, 2.24) is 10.6 Å². The van der Waals surface area contributed by atoms with Crippen LogP contribution < -0.4 is 10.6 Å². The molecule has 1 saturated carbocycles. The van der Waals surface area contributed by atoms with Crippen LogP contribution in [0.15, 0.2) is 30.3 Å². The molecule has 142 valence electrons. The summed E-state index contributed by atoms with van der Waals surface area (Å²) in [5.41, 5.74) is 0.794. The van der Waals surface area contributed by atoms with Crippen molar-refractivity contribution < 1.29 is 29.0 Å². The van der Waals surface area contributed by atoms with Crippen LogP contribution in [0.3, 0.4) is 0 Å². The summed E-state index contributed by atoms with van der Waals surface area (Å²) in [6.07, 6.45) is 1.67. The van der Waals surface area contributed by atoms with Gasteiger partial charge in [0.25, 0.3) is 0 Å².